The first-order valence-corrected chi connectivity index (χ1v) is 16.0. The monoisotopic (exact) mass is 618 g/mol. The summed E-state index contributed by atoms with van der Waals surface area (Å²) < 4.78 is 17.6. The Kier molecular flexibility index (Phi) is 12.0. The molecule has 0 bridgehead atoms. The Bertz CT molecular complexity index is 1350. The van der Waals surface area contributed by atoms with Gasteiger partial charge in [0.1, 0.15) is 0 Å². The first-order valence-electron chi connectivity index (χ1n) is 16.0. The van der Waals surface area contributed by atoms with E-state index in [4.69, 9.17) is 24.6 Å². The quantitative estimate of drug-likeness (QED) is 0.136. The summed E-state index contributed by atoms with van der Waals surface area (Å²) in [6.45, 7) is 2.55. The van der Waals surface area contributed by atoms with Crippen molar-refractivity contribution in [3.63, 3.8) is 0 Å². The fourth-order valence-corrected chi connectivity index (χ4v) is 6.29. The van der Waals surface area contributed by atoms with E-state index in [1.165, 1.54) is 27.8 Å². The molecule has 2 N–H and O–H groups in total. The predicted molar refractivity (Wildman–Crippen MR) is 170 cm³/mol. The molecule has 3 aromatic rings. The second-order valence-electron chi connectivity index (χ2n) is 12.3. The van der Waals surface area contributed by atoms with E-state index < -0.39 is 6.09 Å². The zero-order valence-corrected chi connectivity index (χ0v) is 26.2. The van der Waals surface area contributed by atoms with Crippen LogP contribution in [0.1, 0.15) is 54.7 Å². The maximum Gasteiger partial charge on any atom is 0.409 e. The van der Waals surface area contributed by atoms with E-state index in [-0.39, 0.29) is 36.0 Å². The third-order valence-corrected chi connectivity index (χ3v) is 9.00. The van der Waals surface area contributed by atoms with Gasteiger partial charge in [0.2, 0.25) is 0 Å². The molecule has 0 radical (unpaired) electrons. The van der Waals surface area contributed by atoms with Crippen LogP contribution in [0.5, 0.6) is 0 Å². The summed E-state index contributed by atoms with van der Waals surface area (Å²) in [5, 5.41) is 17.0. The summed E-state index contributed by atoms with van der Waals surface area (Å²) in [6.07, 6.45) is 5.80. The van der Waals surface area contributed by atoms with Crippen molar-refractivity contribution in [1.29, 1.82) is 0 Å². The molecule has 242 valence electrons. The van der Waals surface area contributed by atoms with Gasteiger partial charge in [-0.1, -0.05) is 78.9 Å². The third kappa shape index (κ3) is 9.59. The van der Waals surface area contributed by atoms with Crippen LogP contribution in [0.4, 0.5) is 4.79 Å². The number of carbonyl (C=O) groups is 1. The Morgan fingerprint density at radius 1 is 0.911 bits per heavy atom. The molecule has 1 aliphatic carbocycles. The van der Waals surface area contributed by atoms with Crippen LogP contribution in [-0.4, -0.2) is 79.5 Å². The number of methoxy groups -OCH3 is 1. The van der Waals surface area contributed by atoms with E-state index in [0.717, 1.165) is 45.1 Å². The minimum absolute atomic E-state index is 0.0173. The number of carbonyl (C=O) groups excluding carboxylic acids is 1. The van der Waals surface area contributed by atoms with E-state index in [1.807, 2.05) is 6.07 Å². The molecule has 9 nitrogen and oxygen atoms in total. The van der Waals surface area contributed by atoms with E-state index in [2.05, 4.69) is 77.6 Å². The van der Waals surface area contributed by atoms with Crippen LogP contribution in [0.25, 0.3) is 11.1 Å². The van der Waals surface area contributed by atoms with Crippen LogP contribution in [0, 0.1) is 5.41 Å². The van der Waals surface area contributed by atoms with Crippen molar-refractivity contribution >= 4 is 6.09 Å². The zero-order chi connectivity index (χ0) is 31.5. The lowest BCUT2D eigenvalue weighted by Gasteiger charge is -2.39. The van der Waals surface area contributed by atoms with Crippen LogP contribution >= 0.6 is 0 Å². The molecule has 1 amide bonds. The fourth-order valence-electron chi connectivity index (χ4n) is 6.29. The van der Waals surface area contributed by atoms with E-state index in [0.29, 0.717) is 26.1 Å². The Morgan fingerprint density at radius 3 is 2.42 bits per heavy atom. The van der Waals surface area contributed by atoms with Gasteiger partial charge in [0, 0.05) is 32.6 Å². The lowest BCUT2D eigenvalue weighted by atomic mass is 9.85. The molecule has 1 unspecified atom stereocenters. The zero-order valence-electron chi connectivity index (χ0n) is 26.2. The van der Waals surface area contributed by atoms with Crippen molar-refractivity contribution in [3.8, 4) is 11.1 Å². The molecule has 1 heterocycles. The molecule has 2 atom stereocenters. The van der Waals surface area contributed by atoms with Gasteiger partial charge in [0.15, 0.2) is 0 Å². The summed E-state index contributed by atoms with van der Waals surface area (Å²) in [4.78, 5) is 19.3. The number of amides is 1. The maximum atomic E-state index is 13.0. The molecule has 1 saturated carbocycles. The molecule has 1 saturated heterocycles. The van der Waals surface area contributed by atoms with Crippen molar-refractivity contribution in [2.45, 2.75) is 57.0 Å². The highest BCUT2D eigenvalue weighted by atomic mass is 17.1. The number of hydrogen-bond donors (Lipinski definition) is 2. The predicted octanol–water partition coefficient (Wildman–Crippen LogP) is 6.67. The number of benzene rings is 3. The number of piperidine rings is 1. The largest absolute Gasteiger partial charge is 0.449 e. The Hall–Kier alpha value is -3.31. The van der Waals surface area contributed by atoms with Crippen LogP contribution in [0.2, 0.25) is 0 Å². The van der Waals surface area contributed by atoms with E-state index >= 15 is 0 Å². The van der Waals surface area contributed by atoms with Crippen LogP contribution in [0.3, 0.4) is 0 Å². The highest BCUT2D eigenvalue weighted by Gasteiger charge is 2.45. The first kappa shape index (κ1) is 33.1. The van der Waals surface area contributed by atoms with Crippen molar-refractivity contribution < 1.29 is 34.3 Å². The molecule has 45 heavy (non-hydrogen) atoms. The van der Waals surface area contributed by atoms with Crippen molar-refractivity contribution in [2.24, 2.45) is 5.41 Å². The molecule has 0 spiro atoms. The summed E-state index contributed by atoms with van der Waals surface area (Å²) in [6, 6.07) is 27.8. The van der Waals surface area contributed by atoms with Crippen molar-refractivity contribution in [2.75, 3.05) is 46.6 Å². The molecule has 9 heteroatoms. The average molecular weight is 619 g/mol. The minimum Gasteiger partial charge on any atom is -0.449 e. The number of rotatable bonds is 16. The minimum atomic E-state index is -0.393. The summed E-state index contributed by atoms with van der Waals surface area (Å²) in [5.74, 6) is 0.142. The van der Waals surface area contributed by atoms with Crippen molar-refractivity contribution in [1.82, 2.24) is 10.3 Å². The van der Waals surface area contributed by atoms with Gasteiger partial charge in [0.25, 0.3) is 0 Å². The van der Waals surface area contributed by atoms with Gasteiger partial charge in [-0.3, -0.25) is 15.3 Å². The maximum absolute atomic E-state index is 13.0. The number of ether oxygens (including phenoxy) is 3. The van der Waals surface area contributed by atoms with Gasteiger partial charge >= 0.3 is 6.09 Å². The molecule has 3 aromatic carbocycles. The number of aryl methyl sites for hydroxylation is 1. The topological polar surface area (TPSA) is 101 Å². The Labute approximate surface area is 266 Å². The summed E-state index contributed by atoms with van der Waals surface area (Å²) in [5.41, 5.74) is 6.46. The number of likely N-dealkylation sites (tertiary alicyclic amines) is 1. The van der Waals surface area contributed by atoms with Gasteiger partial charge < -0.3 is 19.1 Å². The Morgan fingerprint density at radius 2 is 1.67 bits per heavy atom. The lowest BCUT2D eigenvalue weighted by Crippen LogP contribution is -2.47. The summed E-state index contributed by atoms with van der Waals surface area (Å²) >= 11 is 0. The molecule has 5 rings (SSSR count). The van der Waals surface area contributed by atoms with Crippen LogP contribution < -0.4 is 0 Å². The van der Waals surface area contributed by atoms with Crippen LogP contribution in [-0.2, 0) is 31.9 Å². The summed E-state index contributed by atoms with van der Waals surface area (Å²) in [7, 11) is 1.75. The normalized spacial score (nSPS) is 19.1. The average Bonchev–Trinajstić information content (AvgIpc) is 3.84. The van der Waals surface area contributed by atoms with E-state index in [9.17, 15) is 4.79 Å². The highest BCUT2D eigenvalue weighted by Crippen LogP contribution is 2.50. The smallest absolute Gasteiger partial charge is 0.409 e. The van der Waals surface area contributed by atoms with E-state index in [1.54, 1.807) is 12.0 Å². The number of nitrogens with zero attached hydrogens (tertiary/aromatic N) is 2. The van der Waals surface area contributed by atoms with Gasteiger partial charge in [-0.2, -0.15) is 0 Å². The van der Waals surface area contributed by atoms with Gasteiger partial charge in [0.05, 0.1) is 37.9 Å². The molecular weight excluding hydrogens is 572 g/mol. The number of hydrogen-bond acceptors (Lipinski definition) is 8. The third-order valence-electron chi connectivity index (χ3n) is 9.00. The van der Waals surface area contributed by atoms with Gasteiger partial charge in [-0.25, -0.2) is 4.79 Å². The first-order chi connectivity index (χ1) is 22.0. The Balaban J connectivity index is 1.27. The highest BCUT2D eigenvalue weighted by molar-refractivity contribution is 5.68. The molecule has 1 aliphatic heterocycles. The van der Waals surface area contributed by atoms with Gasteiger partial charge in [-0.05, 0) is 71.8 Å². The lowest BCUT2D eigenvalue weighted by molar-refractivity contribution is -0.492. The molecule has 2 aliphatic rings. The molecule has 2 fully saturated rings. The SMILES string of the molecule is COCCCc1ccccc1CC1(COC2CN(C(=O)OCCCON(O)O)CC[C@@H]2c2cccc(-c3ccccc3)c2)CC1. The second-order valence-corrected chi connectivity index (χ2v) is 12.3. The molecular formula is C36H46N2O7. The molecule has 0 aromatic heterocycles. The fraction of sp³-hybridized carbons (Fsp3) is 0.472. The van der Waals surface area contributed by atoms with Gasteiger partial charge in [-0.15, -0.1) is 0 Å². The van der Waals surface area contributed by atoms with Crippen molar-refractivity contribution in [3.05, 3.63) is 95.6 Å². The second kappa shape index (κ2) is 16.3. The standard InChI is InChI=1S/C36H46N2O7/c1-42-21-8-16-29-12-5-6-13-32(29)25-36(18-19-36)27-44-34-26-37(35(39)43-22-9-23-45-38(40)41)20-17-33(34)31-15-7-14-30(24-31)28-10-3-2-4-11-28/h2-7,10-15,24,33-34,40-41H,8-9,16-23,25-27H2,1H3/t33-,34?/m1/s1. The van der Waals surface area contributed by atoms with Crippen LogP contribution in [0.15, 0.2) is 78.9 Å².